The van der Waals surface area contributed by atoms with Gasteiger partial charge in [-0.3, -0.25) is 9.52 Å². The molecule has 9 heteroatoms. The molecule has 0 spiro atoms. The van der Waals surface area contributed by atoms with Crippen LogP contribution in [0.4, 0.5) is 5.69 Å². The van der Waals surface area contributed by atoms with Crippen LogP contribution in [0.3, 0.4) is 0 Å². The summed E-state index contributed by atoms with van der Waals surface area (Å²) in [4.78, 5) is 12.1. The molecule has 3 aromatic rings. The first-order chi connectivity index (χ1) is 15.9. The maximum atomic E-state index is 12.6. The molecule has 0 aromatic heterocycles. The van der Waals surface area contributed by atoms with E-state index in [0.717, 1.165) is 11.3 Å². The Balaban J connectivity index is 1.45. The topological polar surface area (TPSA) is 103 Å². The van der Waals surface area contributed by atoms with Gasteiger partial charge in [-0.05, 0) is 72.6 Å². The van der Waals surface area contributed by atoms with Gasteiger partial charge in [0.25, 0.3) is 15.9 Å². The van der Waals surface area contributed by atoms with Gasteiger partial charge in [-0.1, -0.05) is 12.1 Å². The van der Waals surface area contributed by atoms with Gasteiger partial charge in [0.05, 0.1) is 19.1 Å². The molecule has 8 nitrogen and oxygen atoms in total. The van der Waals surface area contributed by atoms with Gasteiger partial charge in [0.15, 0.2) is 6.61 Å². The summed E-state index contributed by atoms with van der Waals surface area (Å²) in [5.41, 5.74) is 1.50. The first kappa shape index (κ1) is 23.9. The van der Waals surface area contributed by atoms with Crippen LogP contribution >= 0.6 is 0 Å². The predicted molar refractivity (Wildman–Crippen MR) is 125 cm³/mol. The molecule has 0 fully saturated rings. The largest absolute Gasteiger partial charge is 0.497 e. The number of amides is 1. The Labute approximate surface area is 193 Å². The molecule has 0 saturated carbocycles. The second kappa shape index (κ2) is 11.2. The number of hydrogen-bond donors (Lipinski definition) is 2. The molecule has 0 heterocycles. The zero-order valence-electron chi connectivity index (χ0n) is 18.4. The highest BCUT2D eigenvalue weighted by Crippen LogP contribution is 2.21. The minimum Gasteiger partial charge on any atom is -0.497 e. The molecule has 3 rings (SSSR count). The Hall–Kier alpha value is -3.72. The number of sulfonamides is 1. The molecule has 174 valence electrons. The summed E-state index contributed by atoms with van der Waals surface area (Å²) in [6.07, 6.45) is 0.684. The van der Waals surface area contributed by atoms with E-state index in [9.17, 15) is 13.2 Å². The summed E-state index contributed by atoms with van der Waals surface area (Å²) in [5.74, 6) is 1.54. The average Bonchev–Trinajstić information content (AvgIpc) is 2.84. The van der Waals surface area contributed by atoms with Crippen LogP contribution in [0.25, 0.3) is 0 Å². The van der Waals surface area contributed by atoms with E-state index >= 15 is 0 Å². The van der Waals surface area contributed by atoms with E-state index in [-0.39, 0.29) is 17.4 Å². The molecule has 1 amide bonds. The Kier molecular flexibility index (Phi) is 8.15. The van der Waals surface area contributed by atoms with E-state index in [0.29, 0.717) is 30.2 Å². The van der Waals surface area contributed by atoms with Crippen molar-refractivity contribution in [3.63, 3.8) is 0 Å². The molecular formula is C24H26N2O6S. The SMILES string of the molecule is COc1ccc(CCNC(=O)COc2ccc(S(=O)(=O)Nc3ccc(OC)cc3)cc2)cc1. The first-order valence-electron chi connectivity index (χ1n) is 10.2. The second-order valence-corrected chi connectivity index (χ2v) is 8.72. The molecule has 0 aliphatic heterocycles. The number of benzene rings is 3. The molecule has 0 bridgehead atoms. The van der Waals surface area contributed by atoms with Gasteiger partial charge < -0.3 is 19.5 Å². The molecule has 2 N–H and O–H groups in total. The standard InChI is InChI=1S/C24H26N2O6S/c1-30-20-7-3-18(4-8-20)15-16-25-24(27)17-32-22-11-13-23(14-12-22)33(28,29)26-19-5-9-21(31-2)10-6-19/h3-14,26H,15-17H2,1-2H3,(H,25,27). The summed E-state index contributed by atoms with van der Waals surface area (Å²) in [6, 6.07) is 20.0. The second-order valence-electron chi connectivity index (χ2n) is 7.04. The van der Waals surface area contributed by atoms with E-state index < -0.39 is 10.0 Å². The van der Waals surface area contributed by atoms with Gasteiger partial charge in [0, 0.05) is 12.2 Å². The summed E-state index contributed by atoms with van der Waals surface area (Å²) >= 11 is 0. The number of carbonyl (C=O) groups is 1. The number of ether oxygens (including phenoxy) is 3. The van der Waals surface area contributed by atoms with Crippen molar-refractivity contribution in [3.8, 4) is 17.2 Å². The van der Waals surface area contributed by atoms with Crippen molar-refractivity contribution >= 4 is 21.6 Å². The normalized spacial score (nSPS) is 10.8. The molecular weight excluding hydrogens is 444 g/mol. The van der Waals surface area contributed by atoms with Crippen LogP contribution in [0.5, 0.6) is 17.2 Å². The highest BCUT2D eigenvalue weighted by atomic mass is 32.2. The Bertz CT molecular complexity index is 1150. The zero-order valence-corrected chi connectivity index (χ0v) is 19.2. The van der Waals surface area contributed by atoms with Crippen LogP contribution in [-0.4, -0.2) is 41.7 Å². The maximum absolute atomic E-state index is 12.6. The minimum absolute atomic E-state index is 0.0783. The quantitative estimate of drug-likeness (QED) is 0.446. The van der Waals surface area contributed by atoms with Crippen molar-refractivity contribution in [1.29, 1.82) is 0 Å². The summed E-state index contributed by atoms with van der Waals surface area (Å²) in [6.45, 7) is 0.307. The fourth-order valence-corrected chi connectivity index (χ4v) is 3.99. The lowest BCUT2D eigenvalue weighted by molar-refractivity contribution is -0.123. The van der Waals surface area contributed by atoms with Gasteiger partial charge in [0.1, 0.15) is 17.2 Å². The van der Waals surface area contributed by atoms with Gasteiger partial charge in [-0.15, -0.1) is 0 Å². The smallest absolute Gasteiger partial charge is 0.261 e. The van der Waals surface area contributed by atoms with Crippen molar-refractivity contribution in [1.82, 2.24) is 5.32 Å². The van der Waals surface area contributed by atoms with Gasteiger partial charge in [-0.2, -0.15) is 0 Å². The number of hydrogen-bond acceptors (Lipinski definition) is 6. The fourth-order valence-electron chi connectivity index (χ4n) is 2.93. The number of methoxy groups -OCH3 is 2. The van der Waals surface area contributed by atoms with Crippen molar-refractivity contribution in [2.24, 2.45) is 0 Å². The van der Waals surface area contributed by atoms with Crippen molar-refractivity contribution < 1.29 is 27.4 Å². The van der Waals surface area contributed by atoms with Gasteiger partial charge in [0.2, 0.25) is 0 Å². The predicted octanol–water partition coefficient (Wildman–Crippen LogP) is 3.24. The highest BCUT2D eigenvalue weighted by molar-refractivity contribution is 7.92. The van der Waals surface area contributed by atoms with E-state index in [1.165, 1.54) is 31.4 Å². The number of carbonyl (C=O) groups excluding carboxylic acids is 1. The molecule has 0 saturated heterocycles. The van der Waals surface area contributed by atoms with Crippen LogP contribution < -0.4 is 24.2 Å². The third-order valence-corrected chi connectivity index (χ3v) is 6.14. The molecule has 0 aliphatic carbocycles. The third-order valence-electron chi connectivity index (χ3n) is 4.74. The van der Waals surface area contributed by atoms with Gasteiger partial charge in [-0.25, -0.2) is 8.42 Å². The summed E-state index contributed by atoms with van der Waals surface area (Å²) in [5, 5.41) is 2.79. The lowest BCUT2D eigenvalue weighted by Gasteiger charge is -2.10. The van der Waals surface area contributed by atoms with Crippen LogP contribution in [0.1, 0.15) is 5.56 Å². The van der Waals surface area contributed by atoms with Crippen LogP contribution in [0, 0.1) is 0 Å². The van der Waals surface area contributed by atoms with Crippen LogP contribution in [0.2, 0.25) is 0 Å². The fraction of sp³-hybridized carbons (Fsp3) is 0.208. The van der Waals surface area contributed by atoms with Crippen molar-refractivity contribution in [2.45, 2.75) is 11.3 Å². The maximum Gasteiger partial charge on any atom is 0.261 e. The first-order valence-corrected chi connectivity index (χ1v) is 11.7. The number of nitrogens with one attached hydrogen (secondary N) is 2. The highest BCUT2D eigenvalue weighted by Gasteiger charge is 2.14. The van der Waals surface area contributed by atoms with E-state index in [2.05, 4.69) is 10.0 Å². The Morgan fingerprint density at radius 1 is 0.788 bits per heavy atom. The Morgan fingerprint density at radius 3 is 1.91 bits per heavy atom. The summed E-state index contributed by atoms with van der Waals surface area (Å²) in [7, 11) is -0.608. The van der Waals surface area contributed by atoms with Crippen LogP contribution in [-0.2, 0) is 21.2 Å². The molecule has 0 unspecified atom stereocenters. The van der Waals surface area contributed by atoms with Gasteiger partial charge >= 0.3 is 0 Å². The Morgan fingerprint density at radius 2 is 1.33 bits per heavy atom. The van der Waals surface area contributed by atoms with Crippen LogP contribution in [0.15, 0.2) is 77.7 Å². The molecule has 33 heavy (non-hydrogen) atoms. The number of rotatable bonds is 11. The summed E-state index contributed by atoms with van der Waals surface area (Å²) < 4.78 is 43.2. The minimum atomic E-state index is -3.76. The van der Waals surface area contributed by atoms with Crippen molar-refractivity contribution in [3.05, 3.63) is 78.4 Å². The van der Waals surface area contributed by atoms with Crippen molar-refractivity contribution in [2.75, 3.05) is 32.1 Å². The molecule has 0 radical (unpaired) electrons. The number of anilines is 1. The van der Waals surface area contributed by atoms with E-state index in [1.807, 2.05) is 24.3 Å². The monoisotopic (exact) mass is 470 g/mol. The average molecular weight is 471 g/mol. The zero-order chi connectivity index (χ0) is 23.7. The lowest BCUT2D eigenvalue weighted by atomic mass is 10.1. The van der Waals surface area contributed by atoms with E-state index in [4.69, 9.17) is 14.2 Å². The molecule has 0 atom stereocenters. The third kappa shape index (κ3) is 7.15. The van der Waals surface area contributed by atoms with E-state index in [1.54, 1.807) is 31.4 Å². The molecule has 3 aromatic carbocycles. The lowest BCUT2D eigenvalue weighted by Crippen LogP contribution is -2.30. The molecule has 0 aliphatic rings.